The number of benzene rings is 1. The maximum absolute atomic E-state index is 12.9. The van der Waals surface area contributed by atoms with E-state index >= 15 is 0 Å². The van der Waals surface area contributed by atoms with Gasteiger partial charge < -0.3 is 14.4 Å². The van der Waals surface area contributed by atoms with E-state index in [0.717, 1.165) is 37.5 Å². The fourth-order valence-electron chi connectivity index (χ4n) is 4.79. The molecule has 1 saturated heterocycles. The second-order valence-corrected chi connectivity index (χ2v) is 10.2. The standard InChI is InChI=1S/C20H27BN2O5S/c1-29(25,26)22-16-8-11-23-17(16)12-27-14-6-9-20(21,10-7-14)15-4-2-3-5-18(15)28-13-19(23)24/h2-5,14,16-17,22H,6-13H2,1H3/t14?,16-,17-,20?/m0/s1. The smallest absolute Gasteiger partial charge is 0.260 e. The van der Waals surface area contributed by atoms with Crippen LogP contribution in [0, 0.1) is 0 Å². The van der Waals surface area contributed by atoms with Gasteiger partial charge in [-0.2, -0.15) is 0 Å². The molecule has 9 heteroatoms. The third-order valence-corrected chi connectivity index (χ3v) is 7.06. The van der Waals surface area contributed by atoms with Gasteiger partial charge in [0, 0.05) is 12.6 Å². The number of amides is 1. The molecule has 5 rings (SSSR count). The van der Waals surface area contributed by atoms with E-state index in [1.54, 1.807) is 4.90 Å². The molecule has 156 valence electrons. The topological polar surface area (TPSA) is 84.9 Å². The second-order valence-electron chi connectivity index (χ2n) is 8.41. The van der Waals surface area contributed by atoms with Crippen LogP contribution in [0.25, 0.3) is 0 Å². The van der Waals surface area contributed by atoms with Gasteiger partial charge in [-0.05, 0) is 49.0 Å². The number of fused-ring (bicyclic) bond motifs is 5. The van der Waals surface area contributed by atoms with Crippen LogP contribution in [0.5, 0.6) is 5.75 Å². The summed E-state index contributed by atoms with van der Waals surface area (Å²) < 4.78 is 38.3. The average molecular weight is 418 g/mol. The summed E-state index contributed by atoms with van der Waals surface area (Å²) in [5, 5.41) is -0.496. The minimum absolute atomic E-state index is 0.0527. The van der Waals surface area contributed by atoms with Gasteiger partial charge in [0.05, 0.1) is 32.9 Å². The fraction of sp³-hybridized carbons (Fsp3) is 0.650. The van der Waals surface area contributed by atoms with E-state index in [9.17, 15) is 13.2 Å². The Morgan fingerprint density at radius 3 is 2.66 bits per heavy atom. The molecule has 0 unspecified atom stereocenters. The molecule has 1 aromatic carbocycles. The predicted octanol–water partition coefficient (Wildman–Crippen LogP) is 0.921. The van der Waals surface area contributed by atoms with Crippen molar-refractivity contribution in [3.05, 3.63) is 29.8 Å². The third kappa shape index (κ3) is 4.46. The van der Waals surface area contributed by atoms with Crippen molar-refractivity contribution in [3.8, 4) is 5.75 Å². The predicted molar refractivity (Wildman–Crippen MR) is 109 cm³/mol. The van der Waals surface area contributed by atoms with Crippen molar-refractivity contribution in [2.24, 2.45) is 0 Å². The maximum atomic E-state index is 12.9. The molecule has 29 heavy (non-hydrogen) atoms. The van der Waals surface area contributed by atoms with Gasteiger partial charge in [-0.15, -0.1) is 0 Å². The molecular formula is C20H27BN2O5S. The van der Waals surface area contributed by atoms with E-state index < -0.39 is 15.3 Å². The number of carbonyl (C=O) groups is 1. The van der Waals surface area contributed by atoms with Gasteiger partial charge in [-0.3, -0.25) is 4.79 Å². The second kappa shape index (κ2) is 7.93. The Labute approximate surface area is 173 Å². The molecule has 2 bridgehead atoms. The summed E-state index contributed by atoms with van der Waals surface area (Å²) in [4.78, 5) is 14.6. The fourth-order valence-corrected chi connectivity index (χ4v) is 5.61. The molecular weight excluding hydrogens is 391 g/mol. The van der Waals surface area contributed by atoms with Crippen LogP contribution < -0.4 is 9.46 Å². The van der Waals surface area contributed by atoms with Crippen LogP contribution in [0.2, 0.25) is 0 Å². The summed E-state index contributed by atoms with van der Waals surface area (Å²) >= 11 is 0. The molecule has 0 aromatic heterocycles. The van der Waals surface area contributed by atoms with Crippen molar-refractivity contribution in [2.75, 3.05) is 26.0 Å². The van der Waals surface area contributed by atoms with Crippen molar-refractivity contribution in [2.45, 2.75) is 55.6 Å². The molecule has 2 radical (unpaired) electrons. The minimum atomic E-state index is -3.38. The number of rotatable bonds is 2. The van der Waals surface area contributed by atoms with Crippen LogP contribution in [-0.2, 0) is 24.9 Å². The molecule has 3 heterocycles. The van der Waals surface area contributed by atoms with Crippen molar-refractivity contribution in [1.29, 1.82) is 0 Å². The van der Waals surface area contributed by atoms with Crippen LogP contribution in [0.15, 0.2) is 24.3 Å². The molecule has 1 saturated carbocycles. The molecule has 4 aliphatic rings. The highest BCUT2D eigenvalue weighted by atomic mass is 32.2. The van der Waals surface area contributed by atoms with Crippen molar-refractivity contribution in [3.63, 3.8) is 0 Å². The number of sulfonamides is 1. The van der Waals surface area contributed by atoms with Gasteiger partial charge >= 0.3 is 0 Å². The zero-order valence-electron chi connectivity index (χ0n) is 16.7. The Kier molecular flexibility index (Phi) is 5.65. The zero-order chi connectivity index (χ0) is 20.6. The summed E-state index contributed by atoms with van der Waals surface area (Å²) in [6.45, 7) is 0.656. The third-order valence-electron chi connectivity index (χ3n) is 6.33. The highest BCUT2D eigenvalue weighted by Crippen LogP contribution is 2.42. The first-order chi connectivity index (χ1) is 13.8. The molecule has 3 aliphatic heterocycles. The summed E-state index contributed by atoms with van der Waals surface area (Å²) in [5.41, 5.74) is 0.931. The van der Waals surface area contributed by atoms with Crippen molar-refractivity contribution >= 4 is 23.8 Å². The van der Waals surface area contributed by atoms with Gasteiger partial charge in [-0.25, -0.2) is 13.1 Å². The van der Waals surface area contributed by atoms with E-state index in [-0.39, 0.29) is 30.7 Å². The Balaban J connectivity index is 1.62. The minimum Gasteiger partial charge on any atom is -0.483 e. The van der Waals surface area contributed by atoms with Gasteiger partial charge in [0.1, 0.15) is 5.75 Å². The van der Waals surface area contributed by atoms with Crippen LogP contribution in [0.1, 0.15) is 37.7 Å². The number of para-hydroxylation sites is 1. The Morgan fingerprint density at radius 2 is 1.93 bits per heavy atom. The molecule has 1 N–H and O–H groups in total. The summed E-state index contributed by atoms with van der Waals surface area (Å²) in [6, 6.07) is 6.95. The van der Waals surface area contributed by atoms with E-state index in [2.05, 4.69) is 4.72 Å². The first-order valence-electron chi connectivity index (χ1n) is 10.1. The molecule has 1 amide bonds. The number of nitrogens with zero attached hydrogens (tertiary/aromatic N) is 1. The lowest BCUT2D eigenvalue weighted by molar-refractivity contribution is -0.136. The zero-order valence-corrected chi connectivity index (χ0v) is 17.5. The van der Waals surface area contributed by atoms with E-state index in [1.807, 2.05) is 24.3 Å². The van der Waals surface area contributed by atoms with Gasteiger partial charge in [0.25, 0.3) is 5.91 Å². The van der Waals surface area contributed by atoms with Crippen LogP contribution >= 0.6 is 0 Å². The first kappa shape index (κ1) is 20.7. The van der Waals surface area contributed by atoms with Crippen LogP contribution in [0.3, 0.4) is 0 Å². The van der Waals surface area contributed by atoms with E-state index in [0.29, 0.717) is 25.3 Å². The molecule has 1 aromatic rings. The molecule has 7 nitrogen and oxygen atoms in total. The van der Waals surface area contributed by atoms with E-state index in [4.69, 9.17) is 17.3 Å². The van der Waals surface area contributed by atoms with Gasteiger partial charge in [0.15, 0.2) is 6.61 Å². The average Bonchev–Trinajstić information content (AvgIpc) is 3.06. The lowest BCUT2D eigenvalue weighted by atomic mass is 9.56. The summed E-state index contributed by atoms with van der Waals surface area (Å²) in [5.74, 6) is 0.465. The number of hydrogen-bond donors (Lipinski definition) is 1. The van der Waals surface area contributed by atoms with Crippen LogP contribution in [0.4, 0.5) is 0 Å². The van der Waals surface area contributed by atoms with E-state index in [1.165, 1.54) is 0 Å². The Morgan fingerprint density at radius 1 is 1.21 bits per heavy atom. The Hall–Kier alpha value is -1.58. The first-order valence-corrected chi connectivity index (χ1v) is 12.0. The highest BCUT2D eigenvalue weighted by Gasteiger charge is 2.41. The maximum Gasteiger partial charge on any atom is 0.260 e. The van der Waals surface area contributed by atoms with Crippen LogP contribution in [-0.4, -0.2) is 71.3 Å². The Bertz CT molecular complexity index is 869. The van der Waals surface area contributed by atoms with Crippen molar-refractivity contribution in [1.82, 2.24) is 9.62 Å². The summed E-state index contributed by atoms with van der Waals surface area (Å²) in [6.07, 6.45) is 4.92. The quantitative estimate of drug-likeness (QED) is 0.723. The van der Waals surface area contributed by atoms with Crippen molar-refractivity contribution < 1.29 is 22.7 Å². The number of nitrogens with one attached hydrogen (secondary N) is 1. The molecule has 2 fully saturated rings. The summed E-state index contributed by atoms with van der Waals surface area (Å²) in [7, 11) is 3.35. The normalized spacial score (nSPS) is 33.1. The van der Waals surface area contributed by atoms with Gasteiger partial charge in [-0.1, -0.05) is 18.2 Å². The number of carbonyl (C=O) groups excluding carboxylic acids is 1. The molecule has 0 spiro atoms. The number of hydrogen-bond acceptors (Lipinski definition) is 5. The lowest BCUT2D eigenvalue weighted by Gasteiger charge is -2.39. The highest BCUT2D eigenvalue weighted by molar-refractivity contribution is 7.88. The largest absolute Gasteiger partial charge is 0.483 e. The monoisotopic (exact) mass is 418 g/mol. The molecule has 2 atom stereocenters. The SMILES string of the molecule is [B]C12CCC(CC1)OC[C@H]1[C@@H](NS(C)(=O)=O)CCN1C(=O)COc1ccccc12. The number of ether oxygens (including phenoxy) is 2. The molecule has 1 aliphatic carbocycles. The van der Waals surface area contributed by atoms with Gasteiger partial charge in [0.2, 0.25) is 10.0 Å². The lowest BCUT2D eigenvalue weighted by Crippen LogP contribution is -2.50.